The molecular weight excluding hydrogens is 289 g/mol. The Morgan fingerprint density at radius 1 is 1.22 bits per heavy atom. The number of alkyl halides is 1. The third-order valence-electron chi connectivity index (χ3n) is 2.52. The number of hydrogen-bond acceptors (Lipinski definition) is 1. The summed E-state index contributed by atoms with van der Waals surface area (Å²) in [5.74, 6) is 0. The molecule has 1 unspecified atom stereocenters. The number of benzene rings is 1. The summed E-state index contributed by atoms with van der Waals surface area (Å²) >= 11 is 18.3. The smallest absolute Gasteiger partial charge is 0.0465 e. The van der Waals surface area contributed by atoms with E-state index in [4.69, 9.17) is 34.8 Å². The van der Waals surface area contributed by atoms with Crippen LogP contribution in [-0.4, -0.2) is 11.9 Å². The Morgan fingerprint density at radius 3 is 2.50 bits per heavy atom. The molecule has 0 fully saturated rings. The average Bonchev–Trinajstić information content (AvgIpc) is 2.20. The first kappa shape index (κ1) is 16.1. The molecule has 1 aromatic rings. The van der Waals surface area contributed by atoms with E-state index in [0.717, 1.165) is 23.6 Å². The molecule has 0 radical (unpaired) electrons. The second-order valence-corrected chi connectivity index (χ2v) is 7.19. The van der Waals surface area contributed by atoms with Gasteiger partial charge in [0.25, 0.3) is 0 Å². The second kappa shape index (κ2) is 7.00. The predicted molar refractivity (Wildman–Crippen MR) is 81.9 cm³/mol. The zero-order valence-corrected chi connectivity index (χ0v) is 13.3. The molecule has 0 aliphatic heterocycles. The van der Waals surface area contributed by atoms with Crippen molar-refractivity contribution in [3.63, 3.8) is 0 Å². The van der Waals surface area contributed by atoms with Crippen LogP contribution in [-0.2, 0) is 6.54 Å². The third kappa shape index (κ3) is 6.29. The van der Waals surface area contributed by atoms with Crippen LogP contribution < -0.4 is 5.32 Å². The highest BCUT2D eigenvalue weighted by Crippen LogP contribution is 2.24. The van der Waals surface area contributed by atoms with E-state index in [0.29, 0.717) is 11.6 Å². The highest BCUT2D eigenvalue weighted by Gasteiger charge is 2.16. The molecule has 1 nitrogen and oxygen atoms in total. The fourth-order valence-electron chi connectivity index (χ4n) is 1.78. The highest BCUT2D eigenvalue weighted by molar-refractivity contribution is 6.33. The number of halogens is 3. The first-order valence-electron chi connectivity index (χ1n) is 6.06. The molecule has 18 heavy (non-hydrogen) atoms. The van der Waals surface area contributed by atoms with Gasteiger partial charge in [-0.2, -0.15) is 0 Å². The molecule has 102 valence electrons. The Kier molecular flexibility index (Phi) is 6.26. The lowest BCUT2D eigenvalue weighted by molar-refractivity contribution is 0.364. The summed E-state index contributed by atoms with van der Waals surface area (Å²) in [5.41, 5.74) is 1.26. The van der Waals surface area contributed by atoms with Crippen molar-refractivity contribution in [2.24, 2.45) is 5.41 Å². The van der Waals surface area contributed by atoms with E-state index in [1.807, 2.05) is 12.1 Å². The van der Waals surface area contributed by atoms with Crippen molar-refractivity contribution < 1.29 is 0 Å². The van der Waals surface area contributed by atoms with Crippen molar-refractivity contribution in [3.8, 4) is 0 Å². The minimum atomic E-state index is 0.128. The molecular formula is C14H20Cl3N. The normalized spacial score (nSPS) is 13.7. The van der Waals surface area contributed by atoms with Gasteiger partial charge < -0.3 is 5.32 Å². The first-order valence-corrected chi connectivity index (χ1v) is 7.26. The van der Waals surface area contributed by atoms with E-state index < -0.39 is 0 Å². The summed E-state index contributed by atoms with van der Waals surface area (Å²) in [5, 5.41) is 4.88. The van der Waals surface area contributed by atoms with Crippen molar-refractivity contribution in [3.05, 3.63) is 33.8 Å². The van der Waals surface area contributed by atoms with Crippen LogP contribution in [0.15, 0.2) is 18.2 Å². The molecule has 0 spiro atoms. The second-order valence-electron chi connectivity index (χ2n) is 5.73. The third-order valence-corrected chi connectivity index (χ3v) is 3.44. The average molecular weight is 309 g/mol. The number of hydrogen-bond donors (Lipinski definition) is 1. The van der Waals surface area contributed by atoms with Crippen molar-refractivity contribution in [1.82, 2.24) is 5.32 Å². The van der Waals surface area contributed by atoms with Gasteiger partial charge in [-0.3, -0.25) is 0 Å². The van der Waals surface area contributed by atoms with E-state index in [1.165, 1.54) is 0 Å². The zero-order chi connectivity index (χ0) is 13.8. The molecule has 1 rings (SSSR count). The summed E-state index contributed by atoms with van der Waals surface area (Å²) in [4.78, 5) is 0. The van der Waals surface area contributed by atoms with Crippen LogP contribution in [0.3, 0.4) is 0 Å². The fourth-order valence-corrected chi connectivity index (χ4v) is 2.73. The lowest BCUT2D eigenvalue weighted by Gasteiger charge is -2.22. The summed E-state index contributed by atoms with van der Waals surface area (Å²) in [6, 6.07) is 5.48. The minimum absolute atomic E-state index is 0.128. The van der Waals surface area contributed by atoms with Gasteiger partial charge in [0.2, 0.25) is 0 Å². The Hall–Kier alpha value is 0.0500. The van der Waals surface area contributed by atoms with Crippen LogP contribution in [0.1, 0.15) is 32.8 Å². The molecule has 0 heterocycles. The molecule has 0 saturated carbocycles. The van der Waals surface area contributed by atoms with Crippen LogP contribution in [0, 0.1) is 5.41 Å². The van der Waals surface area contributed by atoms with Crippen LogP contribution >= 0.6 is 34.8 Å². The molecule has 0 aliphatic carbocycles. The minimum Gasteiger partial charge on any atom is -0.311 e. The molecule has 1 atom stereocenters. The van der Waals surface area contributed by atoms with Gasteiger partial charge in [0.05, 0.1) is 0 Å². The van der Waals surface area contributed by atoms with E-state index in [-0.39, 0.29) is 10.8 Å². The maximum absolute atomic E-state index is 6.28. The summed E-state index contributed by atoms with van der Waals surface area (Å²) < 4.78 is 0. The maximum Gasteiger partial charge on any atom is 0.0465 e. The zero-order valence-electron chi connectivity index (χ0n) is 11.1. The van der Waals surface area contributed by atoms with Gasteiger partial charge in [-0.15, -0.1) is 11.6 Å². The van der Waals surface area contributed by atoms with Crippen LogP contribution in [0.4, 0.5) is 0 Å². The maximum atomic E-state index is 6.28. The van der Waals surface area contributed by atoms with Crippen molar-refractivity contribution in [2.45, 2.75) is 39.1 Å². The van der Waals surface area contributed by atoms with Gasteiger partial charge >= 0.3 is 0 Å². The first-order chi connectivity index (χ1) is 8.28. The van der Waals surface area contributed by atoms with Crippen molar-refractivity contribution in [1.29, 1.82) is 0 Å². The molecule has 4 heteroatoms. The molecule has 0 saturated heterocycles. The summed E-state index contributed by atoms with van der Waals surface area (Å²) in [7, 11) is 0. The van der Waals surface area contributed by atoms with Gasteiger partial charge in [0.1, 0.15) is 0 Å². The number of nitrogens with one attached hydrogen (secondary N) is 1. The van der Waals surface area contributed by atoms with Gasteiger partial charge in [-0.25, -0.2) is 0 Å². The Labute approximate surface area is 125 Å². The Bertz CT molecular complexity index is 385. The Balaban J connectivity index is 2.40. The molecule has 0 aromatic heterocycles. The largest absolute Gasteiger partial charge is 0.311 e. The van der Waals surface area contributed by atoms with Gasteiger partial charge in [0.15, 0.2) is 0 Å². The molecule has 0 aliphatic rings. The van der Waals surface area contributed by atoms with Gasteiger partial charge in [-0.1, -0.05) is 44.0 Å². The van der Waals surface area contributed by atoms with Gasteiger partial charge in [-0.05, 0) is 35.6 Å². The topological polar surface area (TPSA) is 12.0 Å². The van der Waals surface area contributed by atoms with E-state index in [1.54, 1.807) is 6.07 Å². The van der Waals surface area contributed by atoms with Gasteiger partial charge in [0, 0.05) is 28.5 Å². The summed E-state index contributed by atoms with van der Waals surface area (Å²) in [6.45, 7) is 8.02. The molecule has 0 amide bonds. The fraction of sp³-hybridized carbons (Fsp3) is 0.571. The summed E-state index contributed by atoms with van der Waals surface area (Å²) in [6.07, 6.45) is 0.977. The lowest BCUT2D eigenvalue weighted by atomic mass is 9.90. The molecule has 1 N–H and O–H groups in total. The van der Waals surface area contributed by atoms with Crippen molar-refractivity contribution >= 4 is 34.8 Å². The molecule has 0 bridgehead atoms. The number of rotatable bonds is 5. The lowest BCUT2D eigenvalue weighted by Crippen LogP contribution is -2.26. The van der Waals surface area contributed by atoms with Crippen LogP contribution in [0.5, 0.6) is 0 Å². The quantitative estimate of drug-likeness (QED) is 0.744. The van der Waals surface area contributed by atoms with E-state index >= 15 is 0 Å². The Morgan fingerprint density at radius 2 is 1.89 bits per heavy atom. The monoisotopic (exact) mass is 307 g/mol. The SMILES string of the molecule is CC(C)(C)CC(Cl)CNCc1cc(Cl)ccc1Cl. The van der Waals surface area contributed by atoms with E-state index in [9.17, 15) is 0 Å². The standard InChI is InChI=1S/C14H20Cl3N/c1-14(2,3)7-12(16)9-18-8-10-6-11(15)4-5-13(10)17/h4-6,12,18H,7-9H2,1-3H3. The predicted octanol–water partition coefficient (Wildman–Crippen LogP) is 5.13. The van der Waals surface area contributed by atoms with Crippen molar-refractivity contribution in [2.75, 3.05) is 6.54 Å². The van der Waals surface area contributed by atoms with E-state index in [2.05, 4.69) is 26.1 Å². The highest BCUT2D eigenvalue weighted by atomic mass is 35.5. The molecule has 1 aromatic carbocycles. The van der Waals surface area contributed by atoms with Crippen LogP contribution in [0.2, 0.25) is 10.0 Å². The van der Waals surface area contributed by atoms with Crippen LogP contribution in [0.25, 0.3) is 0 Å².